The Morgan fingerprint density at radius 1 is 1.22 bits per heavy atom. The van der Waals surface area contributed by atoms with Crippen LogP contribution in [0.3, 0.4) is 0 Å². The van der Waals surface area contributed by atoms with Crippen LogP contribution in [-0.4, -0.2) is 19.0 Å². The number of carbonyl (C=O) groups excluding carboxylic acids is 1. The van der Waals surface area contributed by atoms with Gasteiger partial charge >= 0.3 is 5.97 Å². The first-order chi connectivity index (χ1) is 11.1. The lowest BCUT2D eigenvalue weighted by Gasteiger charge is -2.05. The summed E-state index contributed by atoms with van der Waals surface area (Å²) in [5.74, 6) is -0.00264. The molecule has 116 valence electrons. The van der Waals surface area contributed by atoms with Crippen molar-refractivity contribution >= 4 is 33.9 Å². The summed E-state index contributed by atoms with van der Waals surface area (Å²) < 4.78 is 24.0. The van der Waals surface area contributed by atoms with E-state index in [1.165, 1.54) is 12.1 Å². The number of ether oxygens (including phenoxy) is 2. The van der Waals surface area contributed by atoms with E-state index in [2.05, 4.69) is 20.9 Å². The fourth-order valence-electron chi connectivity index (χ4n) is 2.05. The van der Waals surface area contributed by atoms with Crippen molar-refractivity contribution < 1.29 is 18.7 Å². The van der Waals surface area contributed by atoms with Crippen molar-refractivity contribution in [3.8, 4) is 5.75 Å². The molecule has 1 heterocycles. The first kappa shape index (κ1) is 15.4. The van der Waals surface area contributed by atoms with Gasteiger partial charge in [-0.05, 0) is 57.9 Å². The summed E-state index contributed by atoms with van der Waals surface area (Å²) in [6.45, 7) is 0. The Kier molecular flexibility index (Phi) is 4.25. The van der Waals surface area contributed by atoms with Crippen LogP contribution in [-0.2, 0) is 9.53 Å². The van der Waals surface area contributed by atoms with E-state index in [0.29, 0.717) is 16.9 Å². The second-order valence-electron chi connectivity index (χ2n) is 4.74. The number of benzene rings is 2. The quantitative estimate of drug-likeness (QED) is 0.602. The summed E-state index contributed by atoms with van der Waals surface area (Å²) in [5.41, 5.74) is 1.48. The maximum Gasteiger partial charge on any atom is 0.363 e. The van der Waals surface area contributed by atoms with Gasteiger partial charge in [-0.3, -0.25) is 0 Å². The minimum atomic E-state index is -0.545. The molecule has 3 rings (SSSR count). The van der Waals surface area contributed by atoms with Crippen LogP contribution in [0.2, 0.25) is 0 Å². The molecular weight excluding hydrogens is 365 g/mol. The highest BCUT2D eigenvalue weighted by molar-refractivity contribution is 9.10. The number of rotatable bonds is 3. The Morgan fingerprint density at radius 2 is 1.96 bits per heavy atom. The first-order valence-electron chi connectivity index (χ1n) is 6.69. The molecule has 0 unspecified atom stereocenters. The SMILES string of the molecule is COc1ccc(C2=N/C(=C\c3ccc(F)cc3)C(=O)O2)cc1Br. The highest BCUT2D eigenvalue weighted by atomic mass is 79.9. The topological polar surface area (TPSA) is 47.9 Å². The van der Waals surface area contributed by atoms with Crippen molar-refractivity contribution in [2.75, 3.05) is 7.11 Å². The van der Waals surface area contributed by atoms with Gasteiger partial charge in [-0.15, -0.1) is 0 Å². The fourth-order valence-corrected chi connectivity index (χ4v) is 2.59. The lowest BCUT2D eigenvalue weighted by molar-refractivity contribution is -0.129. The molecule has 0 bridgehead atoms. The third kappa shape index (κ3) is 3.32. The summed E-state index contributed by atoms with van der Waals surface area (Å²) in [6, 6.07) is 11.0. The van der Waals surface area contributed by atoms with Crippen molar-refractivity contribution in [3.63, 3.8) is 0 Å². The molecule has 0 radical (unpaired) electrons. The van der Waals surface area contributed by atoms with Gasteiger partial charge in [-0.2, -0.15) is 0 Å². The van der Waals surface area contributed by atoms with E-state index in [0.717, 1.165) is 4.47 Å². The van der Waals surface area contributed by atoms with Gasteiger partial charge in [-0.25, -0.2) is 14.2 Å². The van der Waals surface area contributed by atoms with Crippen LogP contribution in [0.25, 0.3) is 6.08 Å². The Balaban J connectivity index is 1.92. The molecule has 0 spiro atoms. The molecule has 0 aliphatic carbocycles. The summed E-state index contributed by atoms with van der Waals surface area (Å²) in [7, 11) is 1.57. The molecule has 23 heavy (non-hydrogen) atoms. The largest absolute Gasteiger partial charge is 0.496 e. The van der Waals surface area contributed by atoms with Gasteiger partial charge < -0.3 is 9.47 Å². The maximum atomic E-state index is 12.9. The molecule has 0 N–H and O–H groups in total. The number of esters is 1. The molecule has 0 aromatic heterocycles. The van der Waals surface area contributed by atoms with Gasteiger partial charge in [0.1, 0.15) is 11.6 Å². The highest BCUT2D eigenvalue weighted by Gasteiger charge is 2.24. The molecular formula is C17H11BrFNO3. The number of cyclic esters (lactones) is 1. The number of methoxy groups -OCH3 is 1. The van der Waals surface area contributed by atoms with Gasteiger partial charge in [0.05, 0.1) is 11.6 Å². The Morgan fingerprint density at radius 3 is 2.61 bits per heavy atom. The van der Waals surface area contributed by atoms with E-state index in [1.54, 1.807) is 43.5 Å². The Bertz CT molecular complexity index is 828. The molecule has 0 saturated carbocycles. The van der Waals surface area contributed by atoms with Gasteiger partial charge in [0.15, 0.2) is 5.70 Å². The summed E-state index contributed by atoms with van der Waals surface area (Å²) in [4.78, 5) is 16.1. The first-order valence-corrected chi connectivity index (χ1v) is 7.48. The van der Waals surface area contributed by atoms with E-state index < -0.39 is 5.97 Å². The number of nitrogens with zero attached hydrogens (tertiary/aromatic N) is 1. The van der Waals surface area contributed by atoms with E-state index in [1.807, 2.05) is 0 Å². The summed E-state index contributed by atoms with van der Waals surface area (Å²) in [6.07, 6.45) is 1.55. The number of hydrogen-bond donors (Lipinski definition) is 0. The normalized spacial score (nSPS) is 15.5. The van der Waals surface area contributed by atoms with E-state index in [4.69, 9.17) is 9.47 Å². The average molecular weight is 376 g/mol. The Hall–Kier alpha value is -2.47. The fraction of sp³-hybridized carbons (Fsp3) is 0.0588. The monoisotopic (exact) mass is 375 g/mol. The second kappa shape index (κ2) is 6.34. The third-order valence-corrected chi connectivity index (χ3v) is 3.81. The number of halogens is 2. The molecule has 0 fully saturated rings. The van der Waals surface area contributed by atoms with E-state index >= 15 is 0 Å². The molecule has 0 amide bonds. The smallest absolute Gasteiger partial charge is 0.363 e. The molecule has 0 atom stereocenters. The third-order valence-electron chi connectivity index (χ3n) is 3.19. The zero-order chi connectivity index (χ0) is 16.4. The van der Waals surface area contributed by atoms with Crippen LogP contribution in [0.5, 0.6) is 5.75 Å². The van der Waals surface area contributed by atoms with Crippen LogP contribution in [0.4, 0.5) is 4.39 Å². The molecule has 1 aliphatic rings. The predicted molar refractivity (Wildman–Crippen MR) is 87.7 cm³/mol. The lowest BCUT2D eigenvalue weighted by Crippen LogP contribution is -2.05. The van der Waals surface area contributed by atoms with Gasteiger partial charge in [0.2, 0.25) is 5.90 Å². The lowest BCUT2D eigenvalue weighted by atomic mass is 10.2. The van der Waals surface area contributed by atoms with Crippen molar-refractivity contribution in [3.05, 3.63) is 69.6 Å². The summed E-state index contributed by atoms with van der Waals surface area (Å²) >= 11 is 3.37. The number of carbonyl (C=O) groups is 1. The maximum absolute atomic E-state index is 12.9. The van der Waals surface area contributed by atoms with Crippen molar-refractivity contribution in [2.45, 2.75) is 0 Å². The van der Waals surface area contributed by atoms with Crippen LogP contribution in [0.15, 0.2) is 57.6 Å². The molecule has 2 aromatic carbocycles. The second-order valence-corrected chi connectivity index (χ2v) is 5.59. The van der Waals surface area contributed by atoms with Crippen LogP contribution >= 0.6 is 15.9 Å². The van der Waals surface area contributed by atoms with Crippen molar-refractivity contribution in [1.82, 2.24) is 0 Å². The molecule has 2 aromatic rings. The van der Waals surface area contributed by atoms with E-state index in [9.17, 15) is 9.18 Å². The van der Waals surface area contributed by atoms with Gasteiger partial charge in [0, 0.05) is 5.56 Å². The molecule has 1 aliphatic heterocycles. The number of hydrogen-bond acceptors (Lipinski definition) is 4. The molecule has 0 saturated heterocycles. The van der Waals surface area contributed by atoms with Crippen LogP contribution in [0.1, 0.15) is 11.1 Å². The van der Waals surface area contributed by atoms with Gasteiger partial charge in [0.25, 0.3) is 0 Å². The number of aliphatic imine (C=N–C) groups is 1. The average Bonchev–Trinajstić information content (AvgIpc) is 2.90. The zero-order valence-corrected chi connectivity index (χ0v) is 13.6. The molecule has 6 heteroatoms. The summed E-state index contributed by atoms with van der Waals surface area (Å²) in [5, 5.41) is 0. The van der Waals surface area contributed by atoms with E-state index in [-0.39, 0.29) is 17.4 Å². The Labute approximate surface area is 140 Å². The van der Waals surface area contributed by atoms with Gasteiger partial charge in [-0.1, -0.05) is 12.1 Å². The van der Waals surface area contributed by atoms with Crippen molar-refractivity contribution in [2.24, 2.45) is 4.99 Å². The highest BCUT2D eigenvalue weighted by Crippen LogP contribution is 2.27. The minimum Gasteiger partial charge on any atom is -0.496 e. The van der Waals surface area contributed by atoms with Crippen molar-refractivity contribution in [1.29, 1.82) is 0 Å². The minimum absolute atomic E-state index is 0.165. The van der Waals surface area contributed by atoms with Crippen LogP contribution in [0, 0.1) is 5.82 Å². The molecule has 4 nitrogen and oxygen atoms in total. The predicted octanol–water partition coefficient (Wildman–Crippen LogP) is 3.94. The standard InChI is InChI=1S/C17H11BrFNO3/c1-22-15-7-4-11(9-13(15)18)16-20-14(17(21)23-16)8-10-2-5-12(19)6-3-10/h2-9H,1H3/b14-8-. The zero-order valence-electron chi connectivity index (χ0n) is 12.0. The van der Waals surface area contributed by atoms with Crippen LogP contribution < -0.4 is 4.74 Å².